The molecule has 174 valence electrons. The van der Waals surface area contributed by atoms with Crippen LogP contribution in [0.1, 0.15) is 83.1 Å². The molecule has 33 heavy (non-hydrogen) atoms. The molecular formula is C27H36N6. The molecule has 6 atom stereocenters. The van der Waals surface area contributed by atoms with Gasteiger partial charge in [-0.1, -0.05) is 44.2 Å². The number of imidazole rings is 1. The van der Waals surface area contributed by atoms with Crippen LogP contribution in [0.25, 0.3) is 22.7 Å². The number of aromatic nitrogens is 5. The van der Waals surface area contributed by atoms with Crippen molar-refractivity contribution in [1.29, 1.82) is 0 Å². The van der Waals surface area contributed by atoms with Crippen molar-refractivity contribution in [2.45, 2.75) is 101 Å². The van der Waals surface area contributed by atoms with Gasteiger partial charge in [-0.2, -0.15) is 0 Å². The zero-order valence-corrected chi connectivity index (χ0v) is 19.6. The van der Waals surface area contributed by atoms with E-state index >= 15 is 0 Å². The molecule has 0 spiro atoms. The van der Waals surface area contributed by atoms with Crippen LogP contribution in [-0.2, 0) is 0 Å². The number of para-hydroxylation sites is 2. The van der Waals surface area contributed by atoms with Crippen LogP contribution in [0, 0.1) is 11.8 Å². The lowest BCUT2D eigenvalue weighted by molar-refractivity contribution is -0.0415. The number of hydrogen-bond donors (Lipinski definition) is 1. The van der Waals surface area contributed by atoms with Crippen LogP contribution < -0.4 is 0 Å². The average Bonchev–Trinajstić information content (AvgIpc) is 3.45. The van der Waals surface area contributed by atoms with Crippen molar-refractivity contribution >= 4 is 11.0 Å². The average molecular weight is 445 g/mol. The Hall–Kier alpha value is -2.21. The molecule has 2 aliphatic carbocycles. The first-order valence-electron chi connectivity index (χ1n) is 13.4. The molecule has 4 heterocycles. The van der Waals surface area contributed by atoms with Gasteiger partial charge >= 0.3 is 0 Å². The van der Waals surface area contributed by atoms with Crippen LogP contribution in [0.15, 0.2) is 30.6 Å². The smallest absolute Gasteiger partial charge is 0.197 e. The number of aromatic amines is 1. The monoisotopic (exact) mass is 444 g/mol. The van der Waals surface area contributed by atoms with Crippen LogP contribution in [-0.4, -0.2) is 47.8 Å². The van der Waals surface area contributed by atoms with Crippen LogP contribution in [0.5, 0.6) is 0 Å². The second-order valence-electron chi connectivity index (χ2n) is 11.3. The van der Waals surface area contributed by atoms with Gasteiger partial charge in [0.2, 0.25) is 0 Å². The Bertz CT molecular complexity index is 1080. The van der Waals surface area contributed by atoms with Gasteiger partial charge in [-0.15, -0.1) is 10.2 Å². The Kier molecular flexibility index (Phi) is 5.03. The van der Waals surface area contributed by atoms with E-state index in [0.29, 0.717) is 6.04 Å². The van der Waals surface area contributed by atoms with Crippen molar-refractivity contribution < 1.29 is 0 Å². The molecule has 6 nitrogen and oxygen atoms in total. The first-order valence-corrected chi connectivity index (χ1v) is 13.4. The minimum absolute atomic E-state index is 0.481. The van der Waals surface area contributed by atoms with Crippen molar-refractivity contribution in [2.24, 2.45) is 11.8 Å². The minimum atomic E-state index is 0.481. The standard InChI is InChI=1S/C27H36N6/c1-2-7-19-12-18(6-1)13-22(14-19)32-20-8-5-9-21(32)16-23(15-20)33-25-11-4-3-10-24(25)30-27(33)26-28-17-29-31-26/h3-4,10-11,17-23H,1-2,5-9,12-16H2,(H,28,29,31)/t18-,19+,20-,21+,22?,23?. The van der Waals surface area contributed by atoms with E-state index in [9.17, 15) is 0 Å². The Morgan fingerprint density at radius 1 is 0.758 bits per heavy atom. The number of rotatable bonds is 3. The van der Waals surface area contributed by atoms with E-state index in [1.807, 2.05) is 0 Å². The van der Waals surface area contributed by atoms with Gasteiger partial charge in [0.05, 0.1) is 11.0 Å². The van der Waals surface area contributed by atoms with Crippen molar-refractivity contribution in [1.82, 2.24) is 29.6 Å². The molecule has 2 saturated carbocycles. The summed E-state index contributed by atoms with van der Waals surface area (Å²) in [6.07, 6.45) is 18.6. The summed E-state index contributed by atoms with van der Waals surface area (Å²) in [5.41, 5.74) is 2.30. The SMILES string of the molecule is c1ccc2c(c1)nc(-c1nnc[nH]1)n2C1C[C@H]2CCC[C@@H](C1)N2C1C[C@H]2CCCC[C@@H](C1)C2. The van der Waals surface area contributed by atoms with Crippen molar-refractivity contribution in [3.63, 3.8) is 0 Å². The van der Waals surface area contributed by atoms with Gasteiger partial charge in [0.15, 0.2) is 11.6 Å². The molecule has 1 aromatic carbocycles. The molecule has 2 saturated heterocycles. The van der Waals surface area contributed by atoms with Crippen molar-refractivity contribution in [2.75, 3.05) is 0 Å². The van der Waals surface area contributed by atoms with E-state index in [4.69, 9.17) is 4.98 Å². The highest BCUT2D eigenvalue weighted by atomic mass is 15.3. The van der Waals surface area contributed by atoms with E-state index in [2.05, 4.69) is 48.9 Å². The third kappa shape index (κ3) is 3.52. The first-order chi connectivity index (χ1) is 16.3. The number of fused-ring (bicyclic) bond motifs is 5. The van der Waals surface area contributed by atoms with Crippen LogP contribution in [0.4, 0.5) is 0 Å². The van der Waals surface area contributed by atoms with Crippen LogP contribution in [0.3, 0.4) is 0 Å². The number of nitrogens with one attached hydrogen (secondary N) is 1. The van der Waals surface area contributed by atoms with Crippen molar-refractivity contribution in [3.05, 3.63) is 30.6 Å². The maximum absolute atomic E-state index is 5.00. The Balaban J connectivity index is 1.22. The third-order valence-corrected chi connectivity index (χ3v) is 9.37. The molecule has 1 N–H and O–H groups in total. The summed E-state index contributed by atoms with van der Waals surface area (Å²) in [5, 5.41) is 8.39. The number of benzene rings is 1. The molecule has 4 aliphatic rings. The zero-order chi connectivity index (χ0) is 21.8. The molecule has 4 fully saturated rings. The van der Waals surface area contributed by atoms with Gasteiger partial charge in [-0.25, -0.2) is 4.98 Å². The Labute approximate surface area is 196 Å². The van der Waals surface area contributed by atoms with E-state index in [1.165, 1.54) is 82.6 Å². The normalized spacial score (nSPS) is 34.9. The van der Waals surface area contributed by atoms with E-state index < -0.39 is 0 Å². The van der Waals surface area contributed by atoms with Crippen molar-refractivity contribution in [3.8, 4) is 11.6 Å². The van der Waals surface area contributed by atoms with Gasteiger partial charge in [0, 0.05) is 24.2 Å². The van der Waals surface area contributed by atoms with Gasteiger partial charge in [0.25, 0.3) is 0 Å². The molecule has 2 aliphatic heterocycles. The van der Waals surface area contributed by atoms with E-state index in [1.54, 1.807) is 6.33 Å². The fourth-order valence-electron chi connectivity index (χ4n) is 8.20. The summed E-state index contributed by atoms with van der Waals surface area (Å²) in [7, 11) is 0. The largest absolute Gasteiger partial charge is 0.325 e. The lowest BCUT2D eigenvalue weighted by Crippen LogP contribution is -2.58. The highest BCUT2D eigenvalue weighted by Gasteiger charge is 2.45. The summed E-state index contributed by atoms with van der Waals surface area (Å²) in [4.78, 5) is 11.3. The van der Waals surface area contributed by atoms with E-state index in [0.717, 1.165) is 47.1 Å². The van der Waals surface area contributed by atoms with Crippen LogP contribution >= 0.6 is 0 Å². The number of hydrogen-bond acceptors (Lipinski definition) is 4. The van der Waals surface area contributed by atoms with Crippen LogP contribution in [0.2, 0.25) is 0 Å². The summed E-state index contributed by atoms with van der Waals surface area (Å²) >= 11 is 0. The molecule has 2 aromatic heterocycles. The summed E-state index contributed by atoms with van der Waals surface area (Å²) in [6, 6.07) is 11.3. The number of nitrogens with zero attached hydrogens (tertiary/aromatic N) is 5. The van der Waals surface area contributed by atoms with Gasteiger partial charge < -0.3 is 9.55 Å². The molecule has 6 heteroatoms. The minimum Gasteiger partial charge on any atom is -0.325 e. The molecule has 4 bridgehead atoms. The fourth-order valence-corrected chi connectivity index (χ4v) is 8.20. The van der Waals surface area contributed by atoms with E-state index in [-0.39, 0.29) is 0 Å². The summed E-state index contributed by atoms with van der Waals surface area (Å²) in [6.45, 7) is 0. The maximum atomic E-state index is 5.00. The predicted molar refractivity (Wildman–Crippen MR) is 130 cm³/mol. The topological polar surface area (TPSA) is 62.6 Å². The van der Waals surface area contributed by atoms with Gasteiger partial charge in [-0.05, 0) is 68.9 Å². The quantitative estimate of drug-likeness (QED) is 0.560. The fraction of sp³-hybridized carbons (Fsp3) is 0.667. The third-order valence-electron chi connectivity index (χ3n) is 9.37. The first kappa shape index (κ1) is 20.2. The second-order valence-corrected chi connectivity index (χ2v) is 11.3. The molecular weight excluding hydrogens is 408 g/mol. The number of H-pyrrole nitrogens is 1. The summed E-state index contributed by atoms with van der Waals surface area (Å²) < 4.78 is 2.50. The molecule has 2 unspecified atom stereocenters. The molecule has 7 rings (SSSR count). The molecule has 3 aromatic rings. The second kappa shape index (κ2) is 8.23. The Morgan fingerprint density at radius 2 is 1.52 bits per heavy atom. The molecule has 0 radical (unpaired) electrons. The summed E-state index contributed by atoms with van der Waals surface area (Å²) in [5.74, 6) is 3.72. The lowest BCUT2D eigenvalue weighted by Gasteiger charge is -2.54. The Morgan fingerprint density at radius 3 is 2.24 bits per heavy atom. The maximum Gasteiger partial charge on any atom is 0.197 e. The highest BCUT2D eigenvalue weighted by molar-refractivity contribution is 5.79. The highest BCUT2D eigenvalue weighted by Crippen LogP contribution is 2.47. The van der Waals surface area contributed by atoms with Gasteiger partial charge in [-0.3, -0.25) is 4.90 Å². The predicted octanol–water partition coefficient (Wildman–Crippen LogP) is 5.74. The molecule has 0 amide bonds. The lowest BCUT2D eigenvalue weighted by atomic mass is 9.73. The zero-order valence-electron chi connectivity index (χ0n) is 19.6. The van der Waals surface area contributed by atoms with Gasteiger partial charge in [0.1, 0.15) is 6.33 Å². The number of piperidine rings is 2.